The summed E-state index contributed by atoms with van der Waals surface area (Å²) in [6.45, 7) is 3.62. The number of anilines is 2. The lowest BCUT2D eigenvalue weighted by atomic mass is 9.88. The van der Waals surface area contributed by atoms with Gasteiger partial charge < -0.3 is 16.0 Å². The molecule has 2 aliphatic rings. The summed E-state index contributed by atoms with van der Waals surface area (Å²) < 4.78 is 0. The van der Waals surface area contributed by atoms with Gasteiger partial charge in [-0.05, 0) is 44.2 Å². The van der Waals surface area contributed by atoms with Crippen molar-refractivity contribution in [1.82, 2.24) is 14.9 Å². The zero-order valence-electron chi connectivity index (χ0n) is 12.8. The van der Waals surface area contributed by atoms with Gasteiger partial charge in [0.05, 0.1) is 0 Å². The molecule has 2 fully saturated rings. The fourth-order valence-corrected chi connectivity index (χ4v) is 3.70. The molecule has 3 N–H and O–H groups in total. The molecule has 0 bridgehead atoms. The fourth-order valence-electron chi connectivity index (χ4n) is 3.70. The van der Waals surface area contributed by atoms with Crippen molar-refractivity contribution in [2.75, 3.05) is 30.7 Å². The van der Waals surface area contributed by atoms with Gasteiger partial charge in [0.25, 0.3) is 0 Å². The van der Waals surface area contributed by atoms with Gasteiger partial charge in [0.2, 0.25) is 5.95 Å². The van der Waals surface area contributed by atoms with Crippen LogP contribution in [0.5, 0.6) is 0 Å². The molecule has 1 atom stereocenters. The predicted octanol–water partition coefficient (Wildman–Crippen LogP) is 2.52. The lowest BCUT2D eigenvalue weighted by molar-refractivity contribution is 0.166. The second kappa shape index (κ2) is 7.07. The Kier molecular flexibility index (Phi) is 4.91. The number of hydrogen-bond acceptors (Lipinski definition) is 5. The number of nitrogens with two attached hydrogens (primary N) is 1. The Hall–Kier alpha value is -1.36. The van der Waals surface area contributed by atoms with E-state index < -0.39 is 0 Å². The van der Waals surface area contributed by atoms with Gasteiger partial charge in [-0.2, -0.15) is 4.98 Å². The van der Waals surface area contributed by atoms with E-state index in [-0.39, 0.29) is 0 Å². The highest BCUT2D eigenvalue weighted by molar-refractivity contribution is 5.35. The Morgan fingerprint density at radius 2 is 2.05 bits per heavy atom. The van der Waals surface area contributed by atoms with Crippen LogP contribution in [-0.4, -0.2) is 40.5 Å². The molecule has 3 rings (SSSR count). The predicted molar refractivity (Wildman–Crippen MR) is 86.1 cm³/mol. The molecule has 1 saturated carbocycles. The van der Waals surface area contributed by atoms with Gasteiger partial charge in [-0.3, -0.25) is 0 Å². The maximum atomic E-state index is 5.71. The summed E-state index contributed by atoms with van der Waals surface area (Å²) >= 11 is 0. The summed E-state index contributed by atoms with van der Waals surface area (Å²) in [7, 11) is 0. The molecule has 5 nitrogen and oxygen atoms in total. The van der Waals surface area contributed by atoms with Crippen molar-refractivity contribution in [2.45, 2.75) is 51.0 Å². The Morgan fingerprint density at radius 3 is 2.86 bits per heavy atom. The van der Waals surface area contributed by atoms with Crippen molar-refractivity contribution in [1.29, 1.82) is 0 Å². The van der Waals surface area contributed by atoms with Crippen LogP contribution in [0.1, 0.15) is 44.9 Å². The third-order valence-electron chi connectivity index (χ3n) is 4.76. The molecule has 0 spiro atoms. The SMILES string of the molecule is Nc1ccnc(N[C@@H]2CCCN(CC3CCCCC3)C2)n1. The molecule has 0 aromatic carbocycles. The summed E-state index contributed by atoms with van der Waals surface area (Å²) in [6.07, 6.45) is 11.3. The smallest absolute Gasteiger partial charge is 0.224 e. The summed E-state index contributed by atoms with van der Waals surface area (Å²) in [4.78, 5) is 11.1. The van der Waals surface area contributed by atoms with Gasteiger partial charge in [-0.25, -0.2) is 4.98 Å². The van der Waals surface area contributed by atoms with Crippen molar-refractivity contribution in [3.63, 3.8) is 0 Å². The number of hydrogen-bond donors (Lipinski definition) is 2. The van der Waals surface area contributed by atoms with Crippen molar-refractivity contribution >= 4 is 11.8 Å². The van der Waals surface area contributed by atoms with E-state index >= 15 is 0 Å². The maximum Gasteiger partial charge on any atom is 0.224 e. The molecular weight excluding hydrogens is 262 g/mol. The first-order valence-electron chi connectivity index (χ1n) is 8.37. The first-order chi connectivity index (χ1) is 10.3. The van der Waals surface area contributed by atoms with Crippen molar-refractivity contribution in [3.05, 3.63) is 12.3 Å². The second-order valence-electron chi connectivity index (χ2n) is 6.55. The summed E-state index contributed by atoms with van der Waals surface area (Å²) in [5, 5.41) is 3.45. The largest absolute Gasteiger partial charge is 0.384 e. The minimum absolute atomic E-state index is 0.448. The summed E-state index contributed by atoms with van der Waals surface area (Å²) in [6, 6.07) is 2.17. The van der Waals surface area contributed by atoms with Crippen LogP contribution < -0.4 is 11.1 Å². The Labute approximate surface area is 127 Å². The molecular formula is C16H27N5. The molecule has 0 unspecified atom stereocenters. The average molecular weight is 289 g/mol. The lowest BCUT2D eigenvalue weighted by Gasteiger charge is -2.36. The molecule has 2 heterocycles. The van der Waals surface area contributed by atoms with Crippen molar-refractivity contribution in [3.8, 4) is 0 Å². The van der Waals surface area contributed by atoms with Gasteiger partial charge in [0, 0.05) is 25.3 Å². The second-order valence-corrected chi connectivity index (χ2v) is 6.55. The molecule has 0 amide bonds. The number of likely N-dealkylation sites (tertiary alicyclic amines) is 1. The van der Waals surface area contributed by atoms with Crippen LogP contribution in [0.4, 0.5) is 11.8 Å². The Balaban J connectivity index is 1.50. The van der Waals surface area contributed by atoms with Crippen molar-refractivity contribution in [2.24, 2.45) is 5.92 Å². The van der Waals surface area contributed by atoms with Gasteiger partial charge in [0.1, 0.15) is 5.82 Å². The molecule has 1 aromatic rings. The van der Waals surface area contributed by atoms with E-state index in [2.05, 4.69) is 20.2 Å². The van der Waals surface area contributed by atoms with Crippen LogP contribution in [0, 0.1) is 5.92 Å². The molecule has 21 heavy (non-hydrogen) atoms. The highest BCUT2D eigenvalue weighted by Crippen LogP contribution is 2.25. The van der Waals surface area contributed by atoms with Gasteiger partial charge in [-0.15, -0.1) is 0 Å². The van der Waals surface area contributed by atoms with Crippen molar-refractivity contribution < 1.29 is 0 Å². The molecule has 5 heteroatoms. The highest BCUT2D eigenvalue weighted by Gasteiger charge is 2.23. The first-order valence-corrected chi connectivity index (χ1v) is 8.37. The standard InChI is InChI=1S/C16H27N5/c17-15-8-9-18-16(20-15)19-14-7-4-10-21(12-14)11-13-5-2-1-3-6-13/h8-9,13-14H,1-7,10-12H2,(H3,17,18,19,20)/t14-/m1/s1. The van der Waals surface area contributed by atoms with E-state index in [1.54, 1.807) is 12.3 Å². The molecule has 1 aromatic heterocycles. The lowest BCUT2D eigenvalue weighted by Crippen LogP contribution is -2.44. The number of nitrogens with zero attached hydrogens (tertiary/aromatic N) is 3. The third-order valence-corrected chi connectivity index (χ3v) is 4.76. The zero-order chi connectivity index (χ0) is 14.5. The minimum atomic E-state index is 0.448. The number of aromatic nitrogens is 2. The molecule has 1 aliphatic heterocycles. The quantitative estimate of drug-likeness (QED) is 0.891. The summed E-state index contributed by atoms with van der Waals surface area (Å²) in [5.41, 5.74) is 5.71. The van der Waals surface area contributed by atoms with Crippen LogP contribution in [0.25, 0.3) is 0 Å². The minimum Gasteiger partial charge on any atom is -0.384 e. The topological polar surface area (TPSA) is 67.1 Å². The Bertz CT molecular complexity index is 444. The molecule has 1 saturated heterocycles. The van der Waals surface area contributed by atoms with Crippen LogP contribution in [0.2, 0.25) is 0 Å². The molecule has 116 valence electrons. The molecule has 0 radical (unpaired) electrons. The van der Waals surface area contributed by atoms with Crippen LogP contribution in [-0.2, 0) is 0 Å². The van der Waals surface area contributed by atoms with E-state index in [4.69, 9.17) is 5.73 Å². The van der Waals surface area contributed by atoms with Crippen LogP contribution >= 0.6 is 0 Å². The fraction of sp³-hybridized carbons (Fsp3) is 0.750. The van der Waals surface area contributed by atoms with Crippen LogP contribution in [0.15, 0.2) is 12.3 Å². The number of nitrogen functional groups attached to an aromatic ring is 1. The zero-order valence-corrected chi connectivity index (χ0v) is 12.8. The van der Waals surface area contributed by atoms with Gasteiger partial charge in [0.15, 0.2) is 0 Å². The first kappa shape index (κ1) is 14.6. The van der Waals surface area contributed by atoms with E-state index in [0.717, 1.165) is 12.5 Å². The van der Waals surface area contributed by atoms with E-state index in [1.807, 2.05) is 0 Å². The Morgan fingerprint density at radius 1 is 1.19 bits per heavy atom. The van der Waals surface area contributed by atoms with E-state index in [1.165, 1.54) is 58.0 Å². The number of piperidine rings is 1. The highest BCUT2D eigenvalue weighted by atomic mass is 15.2. The number of nitrogens with one attached hydrogen (secondary N) is 1. The third kappa shape index (κ3) is 4.30. The van der Waals surface area contributed by atoms with Gasteiger partial charge >= 0.3 is 0 Å². The maximum absolute atomic E-state index is 5.71. The van der Waals surface area contributed by atoms with Crippen LogP contribution in [0.3, 0.4) is 0 Å². The molecule has 1 aliphatic carbocycles. The van der Waals surface area contributed by atoms with E-state index in [9.17, 15) is 0 Å². The van der Waals surface area contributed by atoms with E-state index in [0.29, 0.717) is 17.8 Å². The van der Waals surface area contributed by atoms with Gasteiger partial charge in [-0.1, -0.05) is 19.3 Å². The normalized spacial score (nSPS) is 24.9. The number of rotatable bonds is 4. The monoisotopic (exact) mass is 289 g/mol. The summed E-state index contributed by atoms with van der Waals surface area (Å²) in [5.74, 6) is 2.11. The average Bonchev–Trinajstić information content (AvgIpc) is 2.49.